The molecule has 116 valence electrons. The summed E-state index contributed by atoms with van der Waals surface area (Å²) in [5, 5.41) is 32.4. The van der Waals surface area contributed by atoms with Crippen LogP contribution in [0.1, 0.15) is 26.2 Å². The molecule has 1 unspecified atom stereocenters. The number of nitrogens with zero attached hydrogens (tertiary/aromatic N) is 3. The van der Waals surface area contributed by atoms with Gasteiger partial charge in [0.25, 0.3) is 0 Å². The van der Waals surface area contributed by atoms with Gasteiger partial charge in [0.1, 0.15) is 12.0 Å². The van der Waals surface area contributed by atoms with Crippen LogP contribution in [-0.2, 0) is 0 Å². The molecule has 3 heterocycles. The maximum atomic E-state index is 10.1. The van der Waals surface area contributed by atoms with Gasteiger partial charge in [-0.05, 0) is 6.42 Å². The molecule has 1 fully saturated rings. The summed E-state index contributed by atoms with van der Waals surface area (Å²) < 4.78 is 0. The van der Waals surface area contributed by atoms with Crippen molar-refractivity contribution in [3.05, 3.63) is 23.0 Å². The Labute approximate surface area is 127 Å². The lowest BCUT2D eigenvalue weighted by atomic mass is 10.0. The highest BCUT2D eigenvalue weighted by molar-refractivity contribution is 7.81. The van der Waals surface area contributed by atoms with Gasteiger partial charge >= 0.3 is 0 Å². The third-order valence-corrected chi connectivity index (χ3v) is 4.31. The topological polar surface area (TPSA) is 104 Å². The van der Waals surface area contributed by atoms with Crippen molar-refractivity contribution >= 4 is 19.0 Å². The third kappa shape index (κ3) is 2.46. The summed E-state index contributed by atoms with van der Waals surface area (Å²) >= 11 is 4.43. The van der Waals surface area contributed by atoms with Crippen molar-refractivity contribution in [2.45, 2.75) is 43.6 Å². The number of aliphatic hydroxyl groups is 3. The second-order valence-corrected chi connectivity index (χ2v) is 5.96. The number of allylic oxidation sites excluding steroid dienone is 1. The molecule has 3 aliphatic rings. The van der Waals surface area contributed by atoms with E-state index in [4.69, 9.17) is 0 Å². The Morgan fingerprint density at radius 1 is 1.38 bits per heavy atom. The minimum Gasteiger partial charge on any atom is -0.492 e. The fraction of sp³-hybridized carbons (Fsp3) is 0.583. The maximum Gasteiger partial charge on any atom is 0.242 e. The molecule has 1 saturated heterocycles. The lowest BCUT2D eigenvalue weighted by Gasteiger charge is -2.27. The van der Waals surface area contributed by atoms with Crippen LogP contribution in [0.2, 0.25) is 0 Å². The number of nitrogens with one attached hydrogen (secondary N) is 2. The van der Waals surface area contributed by atoms with E-state index in [0.29, 0.717) is 25.0 Å². The van der Waals surface area contributed by atoms with Crippen molar-refractivity contribution in [2.75, 3.05) is 0 Å². The largest absolute Gasteiger partial charge is 0.492 e. The van der Waals surface area contributed by atoms with Crippen LogP contribution in [0.4, 0.5) is 0 Å². The molecule has 5 N–H and O–H groups in total. The van der Waals surface area contributed by atoms with E-state index >= 15 is 0 Å². The Morgan fingerprint density at radius 3 is 2.86 bits per heavy atom. The molecular weight excluding hydrogens is 294 g/mol. The predicted octanol–water partition coefficient (Wildman–Crippen LogP) is -0.267. The van der Waals surface area contributed by atoms with Crippen molar-refractivity contribution in [1.29, 1.82) is 0 Å². The molecular formula is C12H19N5O3S. The third-order valence-electron chi connectivity index (χ3n) is 3.78. The average Bonchev–Trinajstić information content (AvgIpc) is 2.94. The van der Waals surface area contributed by atoms with Gasteiger partial charge in [-0.1, -0.05) is 6.92 Å². The van der Waals surface area contributed by atoms with Gasteiger partial charge in [-0.15, -0.1) is 5.53 Å². The van der Waals surface area contributed by atoms with Crippen molar-refractivity contribution < 1.29 is 15.3 Å². The standard InChI is InChI=1S/C12H19N5O3S/c1-2-6(18)3-8(19)9(21)4-7-10-11-12(20)13-5-16(10)15-17(11)14-7/h5-6,8-9,14-15,18-21H,2-4H2,1H3/t6?,8-,9+/m1/s1. The van der Waals surface area contributed by atoms with Gasteiger partial charge in [-0.2, -0.15) is 17.7 Å². The molecule has 0 radical (unpaired) electrons. The summed E-state index contributed by atoms with van der Waals surface area (Å²) in [6, 6.07) is 0. The summed E-state index contributed by atoms with van der Waals surface area (Å²) in [4.78, 5) is 3.85. The minimum absolute atomic E-state index is 0.0635. The van der Waals surface area contributed by atoms with E-state index in [0.717, 1.165) is 11.4 Å². The molecule has 3 atom stereocenters. The highest BCUT2D eigenvalue weighted by Crippen LogP contribution is 2.37. The molecule has 21 heavy (non-hydrogen) atoms. The van der Waals surface area contributed by atoms with E-state index in [9.17, 15) is 15.3 Å². The van der Waals surface area contributed by atoms with Crippen LogP contribution < -0.4 is 11.0 Å². The van der Waals surface area contributed by atoms with Gasteiger partial charge in [-0.3, -0.25) is 5.43 Å². The van der Waals surface area contributed by atoms with E-state index in [1.165, 1.54) is 6.34 Å². The Kier molecular flexibility index (Phi) is 3.74. The van der Waals surface area contributed by atoms with Crippen molar-refractivity contribution in [3.63, 3.8) is 0 Å². The summed E-state index contributed by atoms with van der Waals surface area (Å²) in [5.41, 5.74) is 8.23. The van der Waals surface area contributed by atoms with Gasteiger partial charge in [0, 0.05) is 18.1 Å². The number of hydrogen-bond acceptors (Lipinski definition) is 9. The van der Waals surface area contributed by atoms with Crippen LogP contribution in [0.3, 0.4) is 0 Å². The molecule has 3 rings (SSSR count). The Bertz CT molecular complexity index is 535. The van der Waals surface area contributed by atoms with Crippen LogP contribution in [0.25, 0.3) is 0 Å². The first-order valence-electron chi connectivity index (χ1n) is 6.88. The zero-order valence-corrected chi connectivity index (χ0v) is 12.5. The van der Waals surface area contributed by atoms with Crippen LogP contribution in [0, 0.1) is 0 Å². The molecule has 0 spiro atoms. The van der Waals surface area contributed by atoms with Gasteiger partial charge in [0.2, 0.25) is 5.88 Å². The quantitative estimate of drug-likeness (QED) is 0.375. The van der Waals surface area contributed by atoms with Gasteiger partial charge in [-0.25, -0.2) is 10.0 Å². The van der Waals surface area contributed by atoms with Crippen LogP contribution in [0.5, 0.6) is 0 Å². The normalized spacial score (nSPS) is 23.8. The average molecular weight is 313 g/mol. The van der Waals surface area contributed by atoms with E-state index in [2.05, 4.69) is 28.6 Å². The van der Waals surface area contributed by atoms with Crippen LogP contribution in [0.15, 0.2) is 28.0 Å². The number of thiol groups is 1. The molecule has 0 amide bonds. The SMILES string of the molecule is CCC(O)C[C@@H](O)[C@@H](S)CC1=C2C3=C(O)N=CN2NN3N1. The Hall–Kier alpha value is -1.42. The highest BCUT2D eigenvalue weighted by atomic mass is 32.1. The summed E-state index contributed by atoms with van der Waals surface area (Å²) in [6.07, 6.45) is 1.65. The summed E-state index contributed by atoms with van der Waals surface area (Å²) in [7, 11) is 0. The van der Waals surface area contributed by atoms with Crippen molar-refractivity contribution in [2.24, 2.45) is 4.99 Å². The van der Waals surface area contributed by atoms with E-state index < -0.39 is 12.2 Å². The zero-order chi connectivity index (χ0) is 15.1. The molecule has 0 aliphatic carbocycles. The fourth-order valence-corrected chi connectivity index (χ4v) is 2.84. The lowest BCUT2D eigenvalue weighted by molar-refractivity contribution is 0.0754. The molecule has 0 aromatic heterocycles. The van der Waals surface area contributed by atoms with E-state index in [-0.39, 0.29) is 11.1 Å². The molecule has 0 saturated carbocycles. The maximum absolute atomic E-state index is 10.1. The predicted molar refractivity (Wildman–Crippen MR) is 79.4 cm³/mol. The van der Waals surface area contributed by atoms with Crippen LogP contribution in [-0.4, -0.2) is 49.2 Å². The monoisotopic (exact) mass is 313 g/mol. The van der Waals surface area contributed by atoms with Gasteiger partial charge in [0.05, 0.1) is 17.9 Å². The smallest absolute Gasteiger partial charge is 0.242 e. The second kappa shape index (κ2) is 5.41. The van der Waals surface area contributed by atoms with E-state index in [1.807, 2.05) is 6.92 Å². The molecule has 4 bridgehead atoms. The first-order valence-corrected chi connectivity index (χ1v) is 7.40. The molecule has 0 aromatic carbocycles. The molecule has 9 heteroatoms. The summed E-state index contributed by atoms with van der Waals surface area (Å²) in [5.74, 6) is -0.0635. The Morgan fingerprint density at radius 2 is 2.14 bits per heavy atom. The molecule has 8 nitrogen and oxygen atoms in total. The molecule has 0 aromatic rings. The Balaban J connectivity index is 1.71. The second-order valence-electron chi connectivity index (χ2n) is 5.30. The van der Waals surface area contributed by atoms with Crippen molar-refractivity contribution in [3.8, 4) is 0 Å². The number of aliphatic hydroxyl groups excluding tert-OH is 3. The number of aliphatic imine (C=N–C) groups is 1. The minimum atomic E-state index is -0.702. The highest BCUT2D eigenvalue weighted by Gasteiger charge is 2.43. The van der Waals surface area contributed by atoms with Crippen molar-refractivity contribution in [1.82, 2.24) is 21.1 Å². The lowest BCUT2D eigenvalue weighted by Crippen LogP contribution is -2.48. The number of hydrazine groups is 3. The molecule has 3 aliphatic heterocycles. The van der Waals surface area contributed by atoms with Gasteiger partial charge in [0.15, 0.2) is 5.70 Å². The zero-order valence-electron chi connectivity index (χ0n) is 11.6. The fourth-order valence-electron chi connectivity index (χ4n) is 2.54. The van der Waals surface area contributed by atoms with Crippen LogP contribution >= 0.6 is 12.6 Å². The van der Waals surface area contributed by atoms with E-state index in [1.54, 1.807) is 10.1 Å². The first-order chi connectivity index (χ1) is 10.0. The first kappa shape index (κ1) is 14.5. The summed E-state index contributed by atoms with van der Waals surface area (Å²) in [6.45, 7) is 1.87. The number of rotatable bonds is 6. The number of hydrogen-bond donors (Lipinski definition) is 6. The van der Waals surface area contributed by atoms with Gasteiger partial charge < -0.3 is 15.3 Å².